The van der Waals surface area contributed by atoms with Crippen LogP contribution in [0.15, 0.2) is 24.3 Å². The molecule has 1 aromatic rings. The number of piperidine rings is 1. The molecule has 1 aliphatic rings. The molecule has 104 valence electrons. The van der Waals surface area contributed by atoms with Crippen LogP contribution in [0.3, 0.4) is 0 Å². The molecular formula is C16H24N2O. The van der Waals surface area contributed by atoms with E-state index >= 15 is 0 Å². The Labute approximate surface area is 116 Å². The van der Waals surface area contributed by atoms with Crippen molar-refractivity contribution in [3.8, 4) is 0 Å². The molecule has 3 nitrogen and oxygen atoms in total. The number of nitrogens with one attached hydrogen (secondary N) is 1. The minimum Gasteiger partial charge on any atom is -0.317 e. The molecule has 0 aromatic heterocycles. The van der Waals surface area contributed by atoms with E-state index in [1.807, 2.05) is 24.1 Å². The van der Waals surface area contributed by atoms with Crippen molar-refractivity contribution in [2.24, 2.45) is 5.41 Å². The van der Waals surface area contributed by atoms with Crippen LogP contribution in [-0.4, -0.2) is 26.0 Å². The number of benzene rings is 1. The zero-order chi connectivity index (χ0) is 13.9. The highest BCUT2D eigenvalue weighted by Gasteiger charge is 2.39. The lowest BCUT2D eigenvalue weighted by atomic mass is 9.75. The van der Waals surface area contributed by atoms with Crippen molar-refractivity contribution in [3.05, 3.63) is 29.8 Å². The fraction of sp³-hybridized carbons (Fsp3) is 0.562. The maximum atomic E-state index is 12.9. The van der Waals surface area contributed by atoms with Gasteiger partial charge in [-0.15, -0.1) is 0 Å². The van der Waals surface area contributed by atoms with Gasteiger partial charge in [-0.3, -0.25) is 4.79 Å². The van der Waals surface area contributed by atoms with Gasteiger partial charge in [-0.25, -0.2) is 0 Å². The van der Waals surface area contributed by atoms with E-state index in [9.17, 15) is 4.79 Å². The van der Waals surface area contributed by atoms with E-state index in [0.29, 0.717) is 0 Å². The predicted octanol–water partition coefficient (Wildman–Crippen LogP) is 2.74. The molecular weight excluding hydrogens is 236 g/mol. The standard InChI is InChI=1S/C16H24N2O/c1-4-16(8-10-17-11-9-16)15(19)18(3)14-7-5-6-13(2)12-14/h5-7,12,17H,4,8-11H2,1-3H3. The molecule has 0 aliphatic carbocycles. The number of hydrogen-bond donors (Lipinski definition) is 1. The third-order valence-corrected chi connectivity index (χ3v) is 4.38. The minimum atomic E-state index is -0.177. The van der Waals surface area contributed by atoms with Crippen LogP contribution in [0, 0.1) is 12.3 Å². The van der Waals surface area contributed by atoms with Gasteiger partial charge in [-0.2, -0.15) is 0 Å². The van der Waals surface area contributed by atoms with Crippen LogP contribution in [0.25, 0.3) is 0 Å². The molecule has 0 radical (unpaired) electrons. The van der Waals surface area contributed by atoms with Crippen LogP contribution in [0.2, 0.25) is 0 Å². The van der Waals surface area contributed by atoms with Gasteiger partial charge in [0.05, 0.1) is 5.41 Å². The lowest BCUT2D eigenvalue weighted by Gasteiger charge is -2.38. The van der Waals surface area contributed by atoms with Gasteiger partial charge in [0.2, 0.25) is 5.91 Å². The summed E-state index contributed by atoms with van der Waals surface area (Å²) in [6, 6.07) is 8.15. The van der Waals surface area contributed by atoms with E-state index in [-0.39, 0.29) is 11.3 Å². The summed E-state index contributed by atoms with van der Waals surface area (Å²) in [6.07, 6.45) is 2.81. The third kappa shape index (κ3) is 2.81. The highest BCUT2D eigenvalue weighted by atomic mass is 16.2. The number of hydrogen-bond acceptors (Lipinski definition) is 2. The molecule has 1 fully saturated rings. The van der Waals surface area contributed by atoms with Crippen molar-refractivity contribution in [2.75, 3.05) is 25.0 Å². The van der Waals surface area contributed by atoms with Crippen LogP contribution >= 0.6 is 0 Å². The second kappa shape index (κ2) is 5.74. The van der Waals surface area contributed by atoms with Gasteiger partial charge in [0, 0.05) is 12.7 Å². The topological polar surface area (TPSA) is 32.3 Å². The molecule has 0 spiro atoms. The van der Waals surface area contributed by atoms with Gasteiger partial charge in [0.25, 0.3) is 0 Å². The van der Waals surface area contributed by atoms with Crippen LogP contribution in [0.4, 0.5) is 5.69 Å². The van der Waals surface area contributed by atoms with E-state index < -0.39 is 0 Å². The lowest BCUT2D eigenvalue weighted by Crippen LogP contribution is -2.48. The van der Waals surface area contributed by atoms with Crippen molar-refractivity contribution >= 4 is 11.6 Å². The quantitative estimate of drug-likeness (QED) is 0.906. The Morgan fingerprint density at radius 2 is 2.05 bits per heavy atom. The van der Waals surface area contributed by atoms with Gasteiger partial charge in [-0.1, -0.05) is 19.1 Å². The van der Waals surface area contributed by atoms with E-state index in [2.05, 4.69) is 31.3 Å². The number of anilines is 1. The smallest absolute Gasteiger partial charge is 0.233 e. The molecule has 1 aliphatic heterocycles. The Kier molecular flexibility index (Phi) is 4.25. The first-order chi connectivity index (χ1) is 9.09. The molecule has 1 N–H and O–H groups in total. The van der Waals surface area contributed by atoms with Crippen molar-refractivity contribution in [1.29, 1.82) is 0 Å². The minimum absolute atomic E-state index is 0.177. The van der Waals surface area contributed by atoms with Crippen molar-refractivity contribution in [3.63, 3.8) is 0 Å². The maximum Gasteiger partial charge on any atom is 0.233 e. The average molecular weight is 260 g/mol. The number of nitrogens with zero attached hydrogens (tertiary/aromatic N) is 1. The lowest BCUT2D eigenvalue weighted by molar-refractivity contribution is -0.129. The summed E-state index contributed by atoms with van der Waals surface area (Å²) in [5.74, 6) is 0.266. The van der Waals surface area contributed by atoms with Gasteiger partial charge in [-0.05, 0) is 57.0 Å². The summed E-state index contributed by atoms with van der Waals surface area (Å²) in [4.78, 5) is 14.7. The number of carbonyl (C=O) groups is 1. The summed E-state index contributed by atoms with van der Waals surface area (Å²) >= 11 is 0. The van der Waals surface area contributed by atoms with Crippen molar-refractivity contribution in [1.82, 2.24) is 5.32 Å². The largest absolute Gasteiger partial charge is 0.317 e. The van der Waals surface area contributed by atoms with Crippen LogP contribution in [0.5, 0.6) is 0 Å². The molecule has 0 saturated carbocycles. The normalized spacial score (nSPS) is 18.1. The molecule has 19 heavy (non-hydrogen) atoms. The third-order valence-electron chi connectivity index (χ3n) is 4.38. The molecule has 0 atom stereocenters. The Morgan fingerprint density at radius 1 is 1.37 bits per heavy atom. The van der Waals surface area contributed by atoms with E-state index in [4.69, 9.17) is 0 Å². The first-order valence-corrected chi connectivity index (χ1v) is 7.14. The molecule has 1 heterocycles. The van der Waals surface area contributed by atoms with Crippen LogP contribution in [-0.2, 0) is 4.79 Å². The molecule has 0 bridgehead atoms. The zero-order valence-electron chi connectivity index (χ0n) is 12.2. The molecule has 1 aromatic carbocycles. The zero-order valence-corrected chi connectivity index (χ0v) is 12.2. The summed E-state index contributed by atoms with van der Waals surface area (Å²) in [5.41, 5.74) is 2.01. The Balaban J connectivity index is 2.22. The van der Waals surface area contributed by atoms with Crippen LogP contribution < -0.4 is 10.2 Å². The van der Waals surface area contributed by atoms with Crippen molar-refractivity contribution < 1.29 is 4.79 Å². The Hall–Kier alpha value is -1.35. The van der Waals surface area contributed by atoms with E-state index in [0.717, 1.165) is 38.0 Å². The molecule has 3 heteroatoms. The SMILES string of the molecule is CCC1(C(=O)N(C)c2cccc(C)c2)CCNCC1. The molecule has 1 saturated heterocycles. The maximum absolute atomic E-state index is 12.9. The number of aryl methyl sites for hydroxylation is 1. The van der Waals surface area contributed by atoms with Gasteiger partial charge in [0.1, 0.15) is 0 Å². The van der Waals surface area contributed by atoms with Gasteiger partial charge in [0.15, 0.2) is 0 Å². The number of rotatable bonds is 3. The monoisotopic (exact) mass is 260 g/mol. The Morgan fingerprint density at radius 3 is 2.63 bits per heavy atom. The summed E-state index contributed by atoms with van der Waals surface area (Å²) in [6.45, 7) is 6.08. The molecule has 0 unspecified atom stereocenters. The summed E-state index contributed by atoms with van der Waals surface area (Å²) in [5, 5.41) is 3.35. The second-order valence-electron chi connectivity index (χ2n) is 5.59. The second-order valence-corrected chi connectivity index (χ2v) is 5.59. The first-order valence-electron chi connectivity index (χ1n) is 7.14. The highest BCUT2D eigenvalue weighted by molar-refractivity contribution is 5.97. The molecule has 2 rings (SSSR count). The fourth-order valence-electron chi connectivity index (χ4n) is 2.93. The van der Waals surface area contributed by atoms with E-state index in [1.54, 1.807) is 0 Å². The summed E-state index contributed by atoms with van der Waals surface area (Å²) < 4.78 is 0. The number of carbonyl (C=O) groups excluding carboxylic acids is 1. The molecule has 1 amide bonds. The van der Waals surface area contributed by atoms with Gasteiger partial charge >= 0.3 is 0 Å². The fourth-order valence-corrected chi connectivity index (χ4v) is 2.93. The number of amides is 1. The predicted molar refractivity (Wildman–Crippen MR) is 79.4 cm³/mol. The Bertz CT molecular complexity index is 450. The van der Waals surface area contributed by atoms with Gasteiger partial charge < -0.3 is 10.2 Å². The van der Waals surface area contributed by atoms with Crippen LogP contribution in [0.1, 0.15) is 31.7 Å². The highest BCUT2D eigenvalue weighted by Crippen LogP contribution is 2.35. The van der Waals surface area contributed by atoms with Crippen molar-refractivity contribution in [2.45, 2.75) is 33.1 Å². The first kappa shape index (κ1) is 14.1. The average Bonchev–Trinajstić information content (AvgIpc) is 2.46. The summed E-state index contributed by atoms with van der Waals surface area (Å²) in [7, 11) is 1.90. The van der Waals surface area contributed by atoms with E-state index in [1.165, 1.54) is 5.56 Å².